The number of amides is 1. The Kier molecular flexibility index (Phi) is 5.49. The van der Waals surface area contributed by atoms with E-state index in [9.17, 15) is 18.0 Å². The molecule has 1 unspecified atom stereocenters. The van der Waals surface area contributed by atoms with Crippen LogP contribution in [0.25, 0.3) is 0 Å². The number of alkyl halides is 1. The Morgan fingerprint density at radius 2 is 2.19 bits per heavy atom. The number of halogens is 3. The zero-order valence-corrected chi connectivity index (χ0v) is 16.8. The number of hydrogen-bond acceptors (Lipinski definition) is 7. The van der Waals surface area contributed by atoms with Crippen molar-refractivity contribution in [2.45, 2.75) is 17.2 Å². The molecule has 1 aromatic heterocycles. The minimum absolute atomic E-state index is 0.000521. The first-order chi connectivity index (χ1) is 14.9. The molecule has 31 heavy (non-hydrogen) atoms. The molecule has 2 aromatic rings. The average Bonchev–Trinajstić information content (AvgIpc) is 3.54. The monoisotopic (exact) mass is 447 g/mol. The van der Waals surface area contributed by atoms with E-state index in [4.69, 9.17) is 16.9 Å². The van der Waals surface area contributed by atoms with E-state index < -0.39 is 29.8 Å². The predicted octanol–water partition coefficient (Wildman–Crippen LogP) is 2.63. The lowest BCUT2D eigenvalue weighted by atomic mass is 9.85. The van der Waals surface area contributed by atoms with Crippen LogP contribution in [0.5, 0.6) is 5.88 Å². The van der Waals surface area contributed by atoms with Gasteiger partial charge in [-0.05, 0) is 12.5 Å². The van der Waals surface area contributed by atoms with E-state index in [0.717, 1.165) is 12.3 Å². The van der Waals surface area contributed by atoms with E-state index in [-0.39, 0.29) is 45.8 Å². The average molecular weight is 447 g/mol. The van der Waals surface area contributed by atoms with Gasteiger partial charge in [0.25, 0.3) is 5.91 Å². The van der Waals surface area contributed by atoms with Crippen molar-refractivity contribution in [1.29, 1.82) is 0 Å². The van der Waals surface area contributed by atoms with Crippen molar-refractivity contribution in [1.82, 2.24) is 9.97 Å². The number of nitrogens with zero attached hydrogens (tertiary/aromatic N) is 3. The molecule has 1 fully saturated rings. The normalized spacial score (nSPS) is 23.9. The number of rotatable bonds is 6. The number of terminal acetylenes is 1. The fraction of sp³-hybridized carbons (Fsp3) is 0.300. The Bertz CT molecular complexity index is 1110. The lowest BCUT2D eigenvalue weighted by Crippen LogP contribution is -2.37. The molecule has 1 saturated carbocycles. The van der Waals surface area contributed by atoms with Gasteiger partial charge in [-0.15, -0.1) is 6.42 Å². The highest BCUT2D eigenvalue weighted by atomic mass is 32.2. The first-order valence-electron chi connectivity index (χ1n) is 9.15. The van der Waals surface area contributed by atoms with Crippen LogP contribution in [0.4, 0.5) is 18.9 Å². The number of carbonyl (C=O) groups is 1. The number of amidine groups is 1. The second-order valence-electron chi connectivity index (χ2n) is 7.01. The minimum Gasteiger partial charge on any atom is -0.463 e. The molecular weight excluding hydrogens is 431 g/mol. The van der Waals surface area contributed by atoms with Crippen LogP contribution in [0.1, 0.15) is 22.5 Å². The molecule has 0 radical (unpaired) electrons. The molecule has 0 spiro atoms. The van der Waals surface area contributed by atoms with Crippen LogP contribution in [-0.4, -0.2) is 39.6 Å². The van der Waals surface area contributed by atoms with Crippen molar-refractivity contribution in [2.75, 3.05) is 18.6 Å². The first-order valence-corrected chi connectivity index (χ1v) is 10.0. The third kappa shape index (κ3) is 3.90. The lowest BCUT2D eigenvalue weighted by molar-refractivity contribution is 0.102. The Balaban J connectivity index is 1.62. The molecule has 2 aliphatic rings. The summed E-state index contributed by atoms with van der Waals surface area (Å²) in [6.07, 6.45) is 8.01. The quantitative estimate of drug-likeness (QED) is 0.660. The van der Waals surface area contributed by atoms with Crippen molar-refractivity contribution < 1.29 is 22.7 Å². The number of anilines is 1. The minimum atomic E-state index is -1.62. The zero-order valence-electron chi connectivity index (χ0n) is 15.9. The number of ether oxygens (including phenoxy) is 1. The number of aliphatic imine (C=N–C) groups is 1. The molecule has 3 atom stereocenters. The van der Waals surface area contributed by atoms with Gasteiger partial charge < -0.3 is 15.8 Å². The maximum Gasteiger partial charge on any atom is 0.275 e. The zero-order chi connectivity index (χ0) is 22.2. The number of aromatic nitrogens is 2. The van der Waals surface area contributed by atoms with Gasteiger partial charge in [-0.3, -0.25) is 4.79 Å². The third-order valence-corrected chi connectivity index (χ3v) is 6.20. The van der Waals surface area contributed by atoms with E-state index in [0.29, 0.717) is 6.42 Å². The standard InChI is InChI=1S/C20H16F3N5O2S/c1-2-3-30-16-8-25-14(7-26-16)18(29)27-10-4-12(17(23)13(22)5-10)20(9-21)11-6-15(11)31-19(24)28-20/h1,4-5,7-8,11,15H,3,6,9H2,(H2,24,28)(H,27,29)/t11-,15?,20+/m1/s1. The van der Waals surface area contributed by atoms with Crippen molar-refractivity contribution in [2.24, 2.45) is 16.6 Å². The smallest absolute Gasteiger partial charge is 0.275 e. The molecule has 0 saturated heterocycles. The first kappa shape index (κ1) is 21.0. The number of benzene rings is 1. The SMILES string of the molecule is C#CCOc1cnc(C(=O)Nc2cc(F)c(F)c([C@@]3(CF)N=C(N)SC4C[C@H]43)c2)cn1. The van der Waals surface area contributed by atoms with Crippen LogP contribution < -0.4 is 15.8 Å². The molecule has 1 aromatic carbocycles. The summed E-state index contributed by atoms with van der Waals surface area (Å²) in [6.45, 7) is -1.06. The maximum atomic E-state index is 14.7. The molecular formula is C20H16F3N5O2S. The highest BCUT2D eigenvalue weighted by Crippen LogP contribution is 2.58. The fourth-order valence-corrected chi connectivity index (χ4v) is 4.74. The van der Waals surface area contributed by atoms with Crippen LogP contribution in [0.15, 0.2) is 29.5 Å². The molecule has 4 rings (SSSR count). The highest BCUT2D eigenvalue weighted by Gasteiger charge is 2.58. The molecule has 160 valence electrons. The summed E-state index contributed by atoms with van der Waals surface area (Å²) in [6, 6.07) is 1.98. The van der Waals surface area contributed by atoms with E-state index >= 15 is 0 Å². The largest absolute Gasteiger partial charge is 0.463 e. The van der Waals surface area contributed by atoms with Gasteiger partial charge in [-0.1, -0.05) is 17.7 Å². The van der Waals surface area contributed by atoms with Gasteiger partial charge in [0.1, 0.15) is 17.9 Å². The summed E-state index contributed by atoms with van der Waals surface area (Å²) < 4.78 is 48.3. The second-order valence-corrected chi connectivity index (χ2v) is 8.27. The predicted molar refractivity (Wildman–Crippen MR) is 109 cm³/mol. The molecule has 1 aliphatic carbocycles. The molecule has 1 aliphatic heterocycles. The van der Waals surface area contributed by atoms with Gasteiger partial charge >= 0.3 is 0 Å². The van der Waals surface area contributed by atoms with E-state index in [1.807, 2.05) is 0 Å². The van der Waals surface area contributed by atoms with Gasteiger partial charge in [0.15, 0.2) is 23.4 Å². The van der Waals surface area contributed by atoms with Crippen LogP contribution in [0, 0.1) is 29.9 Å². The molecule has 1 amide bonds. The van der Waals surface area contributed by atoms with Gasteiger partial charge in [0, 0.05) is 28.5 Å². The van der Waals surface area contributed by atoms with Gasteiger partial charge in [-0.2, -0.15) is 0 Å². The topological polar surface area (TPSA) is 102 Å². The number of carbonyl (C=O) groups excluding carboxylic acids is 1. The lowest BCUT2D eigenvalue weighted by Gasteiger charge is -2.31. The van der Waals surface area contributed by atoms with E-state index in [1.165, 1.54) is 24.0 Å². The van der Waals surface area contributed by atoms with Crippen molar-refractivity contribution in [3.63, 3.8) is 0 Å². The highest BCUT2D eigenvalue weighted by molar-refractivity contribution is 8.14. The maximum absolute atomic E-state index is 14.7. The Hall–Kier alpha value is -3.26. The number of nitrogens with one attached hydrogen (secondary N) is 1. The van der Waals surface area contributed by atoms with E-state index in [1.54, 1.807) is 0 Å². The Morgan fingerprint density at radius 1 is 1.39 bits per heavy atom. The van der Waals surface area contributed by atoms with Gasteiger partial charge in [0.2, 0.25) is 5.88 Å². The van der Waals surface area contributed by atoms with Crippen molar-refractivity contribution in [3.05, 3.63) is 47.4 Å². The summed E-state index contributed by atoms with van der Waals surface area (Å²) in [7, 11) is 0. The second kappa shape index (κ2) is 8.11. The fourth-order valence-electron chi connectivity index (χ4n) is 3.52. The Morgan fingerprint density at radius 3 is 2.87 bits per heavy atom. The van der Waals surface area contributed by atoms with E-state index in [2.05, 4.69) is 26.2 Å². The number of hydrogen-bond donors (Lipinski definition) is 2. The summed E-state index contributed by atoms with van der Waals surface area (Å²) in [5.74, 6) is -1.11. The number of thioether (sulfide) groups is 1. The molecule has 7 nitrogen and oxygen atoms in total. The summed E-state index contributed by atoms with van der Waals surface area (Å²) >= 11 is 1.29. The molecule has 2 heterocycles. The molecule has 3 N–H and O–H groups in total. The summed E-state index contributed by atoms with van der Waals surface area (Å²) in [5, 5.41) is 2.54. The van der Waals surface area contributed by atoms with Crippen LogP contribution in [0.2, 0.25) is 0 Å². The van der Waals surface area contributed by atoms with Crippen LogP contribution in [0.3, 0.4) is 0 Å². The molecule has 0 bridgehead atoms. The summed E-state index contributed by atoms with van der Waals surface area (Å²) in [4.78, 5) is 24.4. The number of fused-ring (bicyclic) bond motifs is 1. The van der Waals surface area contributed by atoms with Gasteiger partial charge in [0.05, 0.1) is 12.4 Å². The Labute approximate surface area is 179 Å². The van der Waals surface area contributed by atoms with Crippen LogP contribution in [-0.2, 0) is 5.54 Å². The summed E-state index contributed by atoms with van der Waals surface area (Å²) in [5.41, 5.74) is 3.70. The van der Waals surface area contributed by atoms with Gasteiger partial charge in [-0.25, -0.2) is 28.1 Å². The van der Waals surface area contributed by atoms with Crippen LogP contribution >= 0.6 is 11.8 Å². The molecule has 11 heteroatoms. The third-order valence-electron chi connectivity index (χ3n) is 5.05. The van der Waals surface area contributed by atoms with Crippen molar-refractivity contribution >= 4 is 28.5 Å². The number of nitrogens with two attached hydrogens (primary N) is 1. The van der Waals surface area contributed by atoms with Crippen molar-refractivity contribution in [3.8, 4) is 18.2 Å².